The summed E-state index contributed by atoms with van der Waals surface area (Å²) in [5.41, 5.74) is 1.54. The van der Waals surface area contributed by atoms with Crippen molar-refractivity contribution >= 4 is 28.9 Å². The van der Waals surface area contributed by atoms with E-state index in [1.54, 1.807) is 6.55 Å². The van der Waals surface area contributed by atoms with Crippen molar-refractivity contribution in [1.82, 2.24) is 0 Å². The molecule has 0 saturated heterocycles. The second-order valence-electron chi connectivity index (χ2n) is 8.70. The zero-order valence-electron chi connectivity index (χ0n) is 19.0. The highest BCUT2D eigenvalue weighted by atomic mass is 35.7. The molecule has 170 valence electrons. The fourth-order valence-electron chi connectivity index (χ4n) is 4.96. The Bertz CT molecular complexity index is 845. The molecule has 0 saturated carbocycles. The van der Waals surface area contributed by atoms with Gasteiger partial charge in [-0.2, -0.15) is 0 Å². The van der Waals surface area contributed by atoms with Crippen LogP contribution in [0.5, 0.6) is 0 Å². The van der Waals surface area contributed by atoms with E-state index in [1.807, 2.05) is 91.0 Å². The normalized spacial score (nSPS) is 14.2. The second kappa shape index (κ2) is 11.0. The maximum Gasteiger partial charge on any atom is 0.286 e. The molecule has 0 radical (unpaired) electrons. The van der Waals surface area contributed by atoms with Crippen LogP contribution in [0.4, 0.5) is 4.39 Å². The summed E-state index contributed by atoms with van der Waals surface area (Å²) in [5, 5.41) is -1.82. The SMILES string of the molecule is CCCCCCCC(F)(C(c1ccccc1)(c1ccccc1)c1ccccc1)[Si](C)(Cl)Cl. The largest absolute Gasteiger partial charge is 0.286 e. The molecule has 32 heavy (non-hydrogen) atoms. The van der Waals surface area contributed by atoms with E-state index in [2.05, 4.69) is 6.92 Å². The van der Waals surface area contributed by atoms with Crippen LogP contribution in [0.1, 0.15) is 62.1 Å². The van der Waals surface area contributed by atoms with Crippen LogP contribution in [0.25, 0.3) is 0 Å². The maximum atomic E-state index is 18.0. The lowest BCUT2D eigenvalue weighted by Gasteiger charge is -2.50. The molecule has 0 amide bonds. The quantitative estimate of drug-likeness (QED) is 0.109. The smallest absolute Gasteiger partial charge is 0.243 e. The van der Waals surface area contributed by atoms with Crippen LogP contribution in [-0.2, 0) is 5.41 Å². The minimum absolute atomic E-state index is 0.325. The lowest BCUT2D eigenvalue weighted by Crippen LogP contribution is -2.61. The topological polar surface area (TPSA) is 0 Å². The first-order valence-corrected chi connectivity index (χ1v) is 16.1. The Hall–Kier alpha value is -1.61. The van der Waals surface area contributed by atoms with Gasteiger partial charge in [-0.05, 0) is 29.7 Å². The summed E-state index contributed by atoms with van der Waals surface area (Å²) < 4.78 is 18.0. The van der Waals surface area contributed by atoms with Crippen LogP contribution >= 0.6 is 22.2 Å². The first kappa shape index (κ1) is 25.0. The first-order valence-electron chi connectivity index (χ1n) is 11.6. The van der Waals surface area contributed by atoms with Gasteiger partial charge in [-0.25, -0.2) is 4.39 Å². The minimum atomic E-state index is -3.39. The third kappa shape index (κ3) is 4.83. The molecule has 1 unspecified atom stereocenters. The molecule has 0 spiro atoms. The summed E-state index contributed by atoms with van der Waals surface area (Å²) in [5.74, 6) is 0. The van der Waals surface area contributed by atoms with Crippen LogP contribution in [0.15, 0.2) is 91.0 Å². The second-order valence-corrected chi connectivity index (χ2v) is 16.4. The molecule has 0 aliphatic heterocycles. The monoisotopic (exact) mass is 486 g/mol. The van der Waals surface area contributed by atoms with E-state index in [0.717, 1.165) is 48.8 Å². The van der Waals surface area contributed by atoms with Crippen LogP contribution in [-0.4, -0.2) is 12.0 Å². The van der Waals surface area contributed by atoms with Crippen molar-refractivity contribution in [1.29, 1.82) is 0 Å². The van der Waals surface area contributed by atoms with Gasteiger partial charge in [-0.1, -0.05) is 130 Å². The van der Waals surface area contributed by atoms with Crippen LogP contribution in [0.3, 0.4) is 0 Å². The molecule has 0 heterocycles. The van der Waals surface area contributed by atoms with Crippen molar-refractivity contribution in [3.05, 3.63) is 108 Å². The van der Waals surface area contributed by atoms with Gasteiger partial charge in [-0.3, -0.25) is 0 Å². The molecule has 0 nitrogen and oxygen atoms in total. The zero-order valence-corrected chi connectivity index (χ0v) is 21.5. The van der Waals surface area contributed by atoms with E-state index in [-0.39, 0.29) is 0 Å². The van der Waals surface area contributed by atoms with Gasteiger partial charge in [0.05, 0.1) is 5.41 Å². The van der Waals surface area contributed by atoms with Gasteiger partial charge in [0.2, 0.25) is 0 Å². The molecule has 3 rings (SSSR count). The predicted octanol–water partition coefficient (Wildman–Crippen LogP) is 9.18. The van der Waals surface area contributed by atoms with Crippen molar-refractivity contribution in [3.8, 4) is 0 Å². The fraction of sp³-hybridized carbons (Fsp3) is 0.357. The van der Waals surface area contributed by atoms with Gasteiger partial charge in [-0.15, -0.1) is 22.2 Å². The van der Waals surface area contributed by atoms with E-state index in [9.17, 15) is 0 Å². The highest BCUT2D eigenvalue weighted by molar-refractivity contribution is 7.46. The van der Waals surface area contributed by atoms with Gasteiger partial charge in [0, 0.05) is 0 Å². The number of alkyl halides is 1. The van der Waals surface area contributed by atoms with Gasteiger partial charge in [0.1, 0.15) is 5.29 Å². The third-order valence-electron chi connectivity index (χ3n) is 6.54. The first-order chi connectivity index (χ1) is 15.4. The fourth-order valence-corrected chi connectivity index (χ4v) is 8.08. The highest BCUT2D eigenvalue weighted by Crippen LogP contribution is 2.57. The molecule has 0 aliphatic rings. The van der Waals surface area contributed by atoms with Gasteiger partial charge in [0.15, 0.2) is 0 Å². The van der Waals surface area contributed by atoms with Crippen LogP contribution < -0.4 is 0 Å². The third-order valence-corrected chi connectivity index (χ3v) is 10.3. The molecule has 3 aromatic rings. The Kier molecular flexibility index (Phi) is 8.60. The van der Waals surface area contributed by atoms with Crippen molar-refractivity contribution in [3.63, 3.8) is 0 Å². The molecule has 0 N–H and O–H groups in total. The molecular formula is C28H33Cl2FSi. The number of hydrogen-bond acceptors (Lipinski definition) is 0. The van der Waals surface area contributed by atoms with E-state index in [0.29, 0.717) is 6.42 Å². The van der Waals surface area contributed by atoms with Crippen LogP contribution in [0, 0.1) is 0 Å². The van der Waals surface area contributed by atoms with E-state index in [1.165, 1.54) is 0 Å². The summed E-state index contributed by atoms with van der Waals surface area (Å²) in [6.07, 6.45) is 5.48. The Morgan fingerprint density at radius 1 is 0.656 bits per heavy atom. The minimum Gasteiger partial charge on any atom is -0.243 e. The number of halogens is 3. The van der Waals surface area contributed by atoms with Gasteiger partial charge in [0.25, 0.3) is 6.69 Å². The molecule has 0 aromatic heterocycles. The van der Waals surface area contributed by atoms with Gasteiger partial charge < -0.3 is 0 Å². The number of unbranched alkanes of at least 4 members (excludes halogenated alkanes) is 4. The number of hydrogen-bond donors (Lipinski definition) is 0. The van der Waals surface area contributed by atoms with Gasteiger partial charge >= 0.3 is 0 Å². The Labute approximate surface area is 203 Å². The van der Waals surface area contributed by atoms with Crippen molar-refractivity contribution in [2.24, 2.45) is 0 Å². The number of rotatable bonds is 11. The molecule has 1 atom stereocenters. The average molecular weight is 488 g/mol. The van der Waals surface area contributed by atoms with E-state index < -0.39 is 17.4 Å². The number of benzene rings is 3. The molecule has 0 bridgehead atoms. The van der Waals surface area contributed by atoms with Crippen molar-refractivity contribution in [2.45, 2.75) is 62.7 Å². The van der Waals surface area contributed by atoms with E-state index in [4.69, 9.17) is 22.2 Å². The molecular weight excluding hydrogens is 454 g/mol. The standard InChI is InChI=1S/C28H33Cl2FSi/c1-3-4-5-6-16-23-27(31,32(2,29)30)28(24-17-10-7-11-18-24,25-19-12-8-13-20-25)26-21-14-9-15-22-26/h7-15,17-22H,3-6,16,23H2,1-2H3. The Morgan fingerprint density at radius 2 is 1.03 bits per heavy atom. The summed E-state index contributed by atoms with van der Waals surface area (Å²) >= 11 is 13.9. The summed E-state index contributed by atoms with van der Waals surface area (Å²) in [6, 6.07) is 29.8. The molecule has 4 heteroatoms. The average Bonchev–Trinajstić information content (AvgIpc) is 2.81. The zero-order chi connectivity index (χ0) is 23.1. The maximum absolute atomic E-state index is 18.0. The summed E-state index contributed by atoms with van der Waals surface area (Å²) in [4.78, 5) is 0. The van der Waals surface area contributed by atoms with Crippen molar-refractivity contribution < 1.29 is 4.39 Å². The summed E-state index contributed by atoms with van der Waals surface area (Å²) in [7, 11) is 0. The van der Waals surface area contributed by atoms with Crippen LogP contribution in [0.2, 0.25) is 6.55 Å². The predicted molar refractivity (Wildman–Crippen MR) is 140 cm³/mol. The summed E-state index contributed by atoms with van der Waals surface area (Å²) in [6.45, 7) is 0.543. The lowest BCUT2D eigenvalue weighted by molar-refractivity contribution is 0.168. The molecule has 0 aliphatic carbocycles. The van der Waals surface area contributed by atoms with E-state index >= 15 is 4.39 Å². The molecule has 3 aromatic carbocycles. The molecule has 0 fully saturated rings. The Balaban J connectivity index is 2.30. The van der Waals surface area contributed by atoms with Crippen molar-refractivity contribution in [2.75, 3.05) is 0 Å². The highest BCUT2D eigenvalue weighted by Gasteiger charge is 2.64. The Morgan fingerprint density at radius 3 is 1.38 bits per heavy atom. The lowest BCUT2D eigenvalue weighted by atomic mass is 9.64.